The number of carbonyl (C=O) groups excluding carboxylic acids is 3. The second kappa shape index (κ2) is 7.66. The number of amides is 3. The highest BCUT2D eigenvalue weighted by Crippen LogP contribution is 2.39. The van der Waals surface area contributed by atoms with E-state index in [9.17, 15) is 14.4 Å². The Morgan fingerprint density at radius 2 is 1.72 bits per heavy atom. The van der Waals surface area contributed by atoms with E-state index in [1.807, 2.05) is 38.1 Å². The van der Waals surface area contributed by atoms with Gasteiger partial charge in [-0.3, -0.25) is 19.3 Å². The van der Waals surface area contributed by atoms with Crippen LogP contribution >= 0.6 is 0 Å². The van der Waals surface area contributed by atoms with Gasteiger partial charge >= 0.3 is 0 Å². The molecule has 1 heterocycles. The van der Waals surface area contributed by atoms with E-state index in [1.165, 1.54) is 4.90 Å². The molecule has 0 aromatic heterocycles. The quantitative estimate of drug-likeness (QED) is 0.626. The largest absolute Gasteiger partial charge is 0.322 e. The van der Waals surface area contributed by atoms with Gasteiger partial charge in [-0.25, -0.2) is 0 Å². The first-order valence-corrected chi connectivity index (χ1v) is 10.0. The molecule has 2 atom stereocenters. The number of carbonyl (C=O) groups is 3. The first kappa shape index (κ1) is 19.1. The van der Waals surface area contributed by atoms with Gasteiger partial charge in [0.1, 0.15) is 0 Å². The van der Waals surface area contributed by atoms with Crippen molar-refractivity contribution in [1.29, 1.82) is 0 Å². The summed E-state index contributed by atoms with van der Waals surface area (Å²) in [6, 6.07) is 14.4. The molecule has 5 nitrogen and oxygen atoms in total. The Balaban J connectivity index is 1.52. The van der Waals surface area contributed by atoms with E-state index in [4.69, 9.17) is 0 Å². The number of rotatable bonds is 4. The van der Waals surface area contributed by atoms with E-state index in [1.54, 1.807) is 24.3 Å². The smallest absolute Gasteiger partial charge is 0.255 e. The average molecular weight is 388 g/mol. The van der Waals surface area contributed by atoms with Crippen molar-refractivity contribution in [3.8, 4) is 0 Å². The second-order valence-corrected chi connectivity index (χ2v) is 7.73. The van der Waals surface area contributed by atoms with Gasteiger partial charge in [0, 0.05) is 11.3 Å². The molecule has 0 radical (unpaired) electrons. The highest BCUT2D eigenvalue weighted by atomic mass is 16.2. The van der Waals surface area contributed by atoms with Crippen LogP contribution in [0.1, 0.15) is 42.6 Å². The molecule has 29 heavy (non-hydrogen) atoms. The molecular weight excluding hydrogens is 364 g/mol. The van der Waals surface area contributed by atoms with Crippen LogP contribution in [0.3, 0.4) is 0 Å². The van der Waals surface area contributed by atoms with Gasteiger partial charge < -0.3 is 5.32 Å². The fraction of sp³-hybridized carbons (Fsp3) is 0.292. The molecule has 3 amide bonds. The second-order valence-electron chi connectivity index (χ2n) is 7.73. The third-order valence-corrected chi connectivity index (χ3v) is 5.86. The van der Waals surface area contributed by atoms with Gasteiger partial charge in [-0.2, -0.15) is 0 Å². The van der Waals surface area contributed by atoms with Crippen LogP contribution in [-0.2, 0) is 16.0 Å². The van der Waals surface area contributed by atoms with Crippen LogP contribution in [0.4, 0.5) is 11.4 Å². The molecule has 1 aliphatic carbocycles. The predicted molar refractivity (Wildman–Crippen MR) is 113 cm³/mol. The minimum Gasteiger partial charge on any atom is -0.322 e. The summed E-state index contributed by atoms with van der Waals surface area (Å²) >= 11 is 0. The number of imide groups is 1. The molecule has 2 aliphatic rings. The lowest BCUT2D eigenvalue weighted by atomic mass is 9.82. The Kier molecular flexibility index (Phi) is 5.05. The van der Waals surface area contributed by atoms with Gasteiger partial charge in [-0.15, -0.1) is 0 Å². The summed E-state index contributed by atoms with van der Waals surface area (Å²) in [5.41, 5.74) is 4.03. The molecule has 1 fully saturated rings. The summed E-state index contributed by atoms with van der Waals surface area (Å²) in [5, 5.41) is 2.94. The van der Waals surface area contributed by atoms with E-state index >= 15 is 0 Å². The molecule has 1 aliphatic heterocycles. The van der Waals surface area contributed by atoms with E-state index in [0.717, 1.165) is 23.2 Å². The molecule has 5 heteroatoms. The minimum atomic E-state index is -0.264. The molecule has 2 aromatic rings. The first-order valence-electron chi connectivity index (χ1n) is 10.0. The maximum Gasteiger partial charge on any atom is 0.255 e. The van der Waals surface area contributed by atoms with Crippen LogP contribution in [0.5, 0.6) is 0 Å². The van der Waals surface area contributed by atoms with E-state index in [0.29, 0.717) is 24.1 Å². The van der Waals surface area contributed by atoms with Crippen molar-refractivity contribution in [2.45, 2.75) is 33.1 Å². The first-order chi connectivity index (χ1) is 14.0. The van der Waals surface area contributed by atoms with Crippen molar-refractivity contribution < 1.29 is 14.4 Å². The molecule has 0 saturated carbocycles. The summed E-state index contributed by atoms with van der Waals surface area (Å²) < 4.78 is 0. The van der Waals surface area contributed by atoms with Gasteiger partial charge in [0.25, 0.3) is 5.91 Å². The number of benzene rings is 2. The molecule has 4 rings (SSSR count). The van der Waals surface area contributed by atoms with Gasteiger partial charge in [-0.05, 0) is 62.1 Å². The Morgan fingerprint density at radius 1 is 1.03 bits per heavy atom. The molecule has 0 bridgehead atoms. The van der Waals surface area contributed by atoms with Crippen molar-refractivity contribution in [3.05, 3.63) is 71.3 Å². The Morgan fingerprint density at radius 3 is 2.45 bits per heavy atom. The number of allylic oxidation sites excluding steroid dienone is 2. The van der Waals surface area contributed by atoms with Crippen LogP contribution in [-0.4, -0.2) is 17.7 Å². The monoisotopic (exact) mass is 388 g/mol. The Hall–Kier alpha value is -3.21. The van der Waals surface area contributed by atoms with Crippen molar-refractivity contribution in [1.82, 2.24) is 0 Å². The lowest BCUT2D eigenvalue weighted by molar-refractivity contribution is -0.122. The molecule has 0 spiro atoms. The summed E-state index contributed by atoms with van der Waals surface area (Å²) in [4.78, 5) is 39.5. The van der Waals surface area contributed by atoms with Crippen LogP contribution < -0.4 is 10.2 Å². The summed E-state index contributed by atoms with van der Waals surface area (Å²) in [6.45, 7) is 4.04. The van der Waals surface area contributed by atoms with Crippen LogP contribution in [0, 0.1) is 11.8 Å². The number of para-hydroxylation sites is 1. The maximum absolute atomic E-state index is 12.8. The molecule has 148 valence electrons. The zero-order valence-corrected chi connectivity index (χ0v) is 16.6. The number of aryl methyl sites for hydroxylation is 1. The summed E-state index contributed by atoms with van der Waals surface area (Å²) in [5.74, 6) is -1.02. The van der Waals surface area contributed by atoms with Gasteiger partial charge in [0.15, 0.2) is 0 Å². The molecule has 0 unspecified atom stereocenters. The predicted octanol–water partition coefficient (Wildman–Crippen LogP) is 4.35. The summed E-state index contributed by atoms with van der Waals surface area (Å²) in [7, 11) is 0. The number of anilines is 2. The molecule has 2 aromatic carbocycles. The SMILES string of the molecule is CCc1ccccc1NC(=O)c1ccc(N2C(=O)[C@@H]3CC=C(C)C[C@H]3C2=O)cc1. The third kappa shape index (κ3) is 3.48. The van der Waals surface area contributed by atoms with Crippen molar-refractivity contribution in [2.75, 3.05) is 10.2 Å². The van der Waals surface area contributed by atoms with Gasteiger partial charge in [-0.1, -0.05) is 36.8 Å². The number of nitrogens with zero attached hydrogens (tertiary/aromatic N) is 1. The van der Waals surface area contributed by atoms with Crippen LogP contribution in [0.2, 0.25) is 0 Å². The number of nitrogens with one attached hydrogen (secondary N) is 1. The molecular formula is C24H24N2O3. The zero-order valence-electron chi connectivity index (χ0n) is 16.6. The summed E-state index contributed by atoms with van der Waals surface area (Å²) in [6.07, 6.45) is 4.14. The van der Waals surface area contributed by atoms with Gasteiger partial charge in [0.2, 0.25) is 11.8 Å². The Bertz CT molecular complexity index is 1010. The standard InChI is InChI=1S/C24H24N2O3/c1-3-16-6-4-5-7-21(16)25-22(27)17-9-11-18(12-10-17)26-23(28)19-13-8-15(2)14-20(19)24(26)29/h4-12,19-20H,3,13-14H2,1-2H3,(H,25,27)/t19-,20-/m1/s1. The van der Waals surface area contributed by atoms with Crippen LogP contribution in [0.25, 0.3) is 0 Å². The number of fused-ring (bicyclic) bond motifs is 1. The maximum atomic E-state index is 12.8. The fourth-order valence-electron chi connectivity index (χ4n) is 4.20. The van der Waals surface area contributed by atoms with E-state index in [2.05, 4.69) is 11.4 Å². The van der Waals surface area contributed by atoms with E-state index < -0.39 is 0 Å². The zero-order chi connectivity index (χ0) is 20.5. The normalized spacial score (nSPS) is 21.0. The third-order valence-electron chi connectivity index (χ3n) is 5.86. The van der Waals surface area contributed by atoms with Gasteiger partial charge in [0.05, 0.1) is 17.5 Å². The van der Waals surface area contributed by atoms with Crippen molar-refractivity contribution in [3.63, 3.8) is 0 Å². The average Bonchev–Trinajstić information content (AvgIpc) is 2.98. The lowest BCUT2D eigenvalue weighted by Gasteiger charge is -2.18. The molecule has 1 N–H and O–H groups in total. The lowest BCUT2D eigenvalue weighted by Crippen LogP contribution is -2.30. The fourth-order valence-corrected chi connectivity index (χ4v) is 4.20. The highest BCUT2D eigenvalue weighted by molar-refractivity contribution is 6.22. The van der Waals surface area contributed by atoms with Crippen molar-refractivity contribution >= 4 is 29.1 Å². The molecule has 1 saturated heterocycles. The number of hydrogen-bond donors (Lipinski definition) is 1. The highest BCUT2D eigenvalue weighted by Gasteiger charge is 2.48. The topological polar surface area (TPSA) is 66.5 Å². The van der Waals surface area contributed by atoms with E-state index in [-0.39, 0.29) is 29.6 Å². The van der Waals surface area contributed by atoms with Crippen molar-refractivity contribution in [2.24, 2.45) is 11.8 Å². The number of hydrogen-bond acceptors (Lipinski definition) is 3. The van der Waals surface area contributed by atoms with Crippen LogP contribution in [0.15, 0.2) is 60.2 Å². The minimum absolute atomic E-state index is 0.137. The Labute approximate surface area is 170 Å².